The minimum Gasteiger partial charge on any atom is -0.482 e. The summed E-state index contributed by atoms with van der Waals surface area (Å²) < 4.78 is 21.4. The molecule has 0 saturated heterocycles. The highest BCUT2D eigenvalue weighted by Crippen LogP contribution is 2.34. The fourth-order valence-electron chi connectivity index (χ4n) is 1.66. The maximum Gasteiger partial charge on any atom is 0.179 e. The zero-order valence-corrected chi connectivity index (χ0v) is 9.16. The smallest absolute Gasteiger partial charge is 0.179 e. The van der Waals surface area contributed by atoms with Crippen molar-refractivity contribution >= 4 is 15.9 Å². The molecule has 2 heterocycles. The molecule has 3 nitrogen and oxygen atoms in total. The molecule has 0 atom stereocenters. The lowest BCUT2D eigenvalue weighted by Gasteiger charge is -2.20. The van der Waals surface area contributed by atoms with Gasteiger partial charge in [-0.1, -0.05) is 15.9 Å². The highest BCUT2D eigenvalue weighted by Gasteiger charge is 2.20. The molecule has 0 radical (unpaired) electrons. The molecule has 0 saturated carbocycles. The molecule has 5 heteroatoms. The van der Waals surface area contributed by atoms with E-state index in [0.29, 0.717) is 16.8 Å². The maximum atomic E-state index is 13.5. The zero-order valence-electron chi connectivity index (χ0n) is 7.58. The molecule has 0 N–H and O–H groups in total. The molecule has 3 rings (SSSR count). The van der Waals surface area contributed by atoms with E-state index in [-0.39, 0.29) is 11.6 Å². The minimum atomic E-state index is -0.362. The fraction of sp³-hybridized carbons (Fsp3) is 0.100. The van der Waals surface area contributed by atoms with Crippen LogP contribution in [0.2, 0.25) is 0 Å². The van der Waals surface area contributed by atoms with Crippen molar-refractivity contribution in [2.24, 2.45) is 0 Å². The van der Waals surface area contributed by atoms with Crippen molar-refractivity contribution in [3.05, 3.63) is 40.6 Å². The summed E-state index contributed by atoms with van der Waals surface area (Å²) >= 11 is 3.25. The number of ether oxygens (including phenoxy) is 1. The molecule has 15 heavy (non-hydrogen) atoms. The summed E-state index contributed by atoms with van der Waals surface area (Å²) in [6.45, 7) is 0.353. The van der Waals surface area contributed by atoms with Gasteiger partial charge in [0.1, 0.15) is 6.61 Å². The van der Waals surface area contributed by atoms with Gasteiger partial charge in [-0.15, -0.1) is 0 Å². The van der Waals surface area contributed by atoms with Crippen molar-refractivity contribution in [3.63, 3.8) is 0 Å². The summed E-state index contributed by atoms with van der Waals surface area (Å²) in [7, 11) is 0. The van der Waals surface area contributed by atoms with Gasteiger partial charge in [0.2, 0.25) is 0 Å². The third-order valence-electron chi connectivity index (χ3n) is 2.33. The van der Waals surface area contributed by atoms with Gasteiger partial charge in [-0.25, -0.2) is 9.37 Å². The standard InChI is InChI=1S/C10H6BrFN2O/c11-6-1-8(12)10-9(2-6)14-5-13-3-7(14)4-15-10/h1-3,5H,4H2. The van der Waals surface area contributed by atoms with Gasteiger partial charge >= 0.3 is 0 Å². The fourth-order valence-corrected chi connectivity index (χ4v) is 2.08. The van der Waals surface area contributed by atoms with Gasteiger partial charge < -0.3 is 4.74 Å². The number of aromatic nitrogens is 2. The van der Waals surface area contributed by atoms with Gasteiger partial charge in [-0.2, -0.15) is 0 Å². The van der Waals surface area contributed by atoms with E-state index in [4.69, 9.17) is 4.74 Å². The van der Waals surface area contributed by atoms with Gasteiger partial charge in [-0.05, 0) is 12.1 Å². The molecule has 0 aliphatic carbocycles. The molecule has 76 valence electrons. The first-order chi connectivity index (χ1) is 7.25. The van der Waals surface area contributed by atoms with Crippen LogP contribution in [-0.4, -0.2) is 9.55 Å². The first kappa shape index (κ1) is 8.91. The van der Waals surface area contributed by atoms with Crippen LogP contribution in [0.15, 0.2) is 29.1 Å². The quantitative estimate of drug-likeness (QED) is 0.735. The molecule has 2 aromatic rings. The third kappa shape index (κ3) is 1.26. The molecule has 0 fully saturated rings. The molecule has 1 aromatic carbocycles. The first-order valence-electron chi connectivity index (χ1n) is 4.39. The van der Waals surface area contributed by atoms with Crippen molar-refractivity contribution in [1.82, 2.24) is 9.55 Å². The summed E-state index contributed by atoms with van der Waals surface area (Å²) in [6.07, 6.45) is 3.37. The van der Waals surface area contributed by atoms with E-state index in [1.54, 1.807) is 12.5 Å². The second-order valence-electron chi connectivity index (χ2n) is 3.28. The Bertz CT molecular complexity index is 538. The van der Waals surface area contributed by atoms with Crippen LogP contribution in [0.4, 0.5) is 4.39 Å². The van der Waals surface area contributed by atoms with Gasteiger partial charge in [0.25, 0.3) is 0 Å². The number of fused-ring (bicyclic) bond motifs is 3. The van der Waals surface area contributed by atoms with E-state index in [9.17, 15) is 4.39 Å². The Morgan fingerprint density at radius 1 is 1.47 bits per heavy atom. The van der Waals surface area contributed by atoms with Crippen molar-refractivity contribution in [2.75, 3.05) is 0 Å². The maximum absolute atomic E-state index is 13.5. The zero-order chi connectivity index (χ0) is 10.4. The number of halogens is 2. The summed E-state index contributed by atoms with van der Waals surface area (Å²) in [5.74, 6) is -0.0811. The largest absolute Gasteiger partial charge is 0.482 e. The molecule has 0 spiro atoms. The predicted octanol–water partition coefficient (Wildman–Crippen LogP) is 2.67. The average Bonchev–Trinajstić information content (AvgIpc) is 2.65. The third-order valence-corrected chi connectivity index (χ3v) is 2.79. The summed E-state index contributed by atoms with van der Waals surface area (Å²) in [5, 5.41) is 0. The van der Waals surface area contributed by atoms with E-state index in [1.807, 2.05) is 10.6 Å². The number of benzene rings is 1. The van der Waals surface area contributed by atoms with Crippen LogP contribution in [0.3, 0.4) is 0 Å². The second-order valence-corrected chi connectivity index (χ2v) is 4.20. The summed E-state index contributed by atoms with van der Waals surface area (Å²) in [5.41, 5.74) is 1.60. The molecule has 1 aliphatic heterocycles. The molecule has 0 bridgehead atoms. The van der Waals surface area contributed by atoms with Crippen LogP contribution in [0.1, 0.15) is 5.69 Å². The predicted molar refractivity (Wildman–Crippen MR) is 55.6 cm³/mol. The summed E-state index contributed by atoms with van der Waals surface area (Å²) in [4.78, 5) is 4.01. The topological polar surface area (TPSA) is 27.1 Å². The SMILES string of the molecule is Fc1cc(Br)cc2c1OCc1cncn1-2. The van der Waals surface area contributed by atoms with Crippen LogP contribution in [-0.2, 0) is 6.61 Å². The lowest BCUT2D eigenvalue weighted by Crippen LogP contribution is -2.12. The number of hydrogen-bond acceptors (Lipinski definition) is 2. The molecule has 0 unspecified atom stereocenters. The first-order valence-corrected chi connectivity index (χ1v) is 5.18. The van der Waals surface area contributed by atoms with Crippen molar-refractivity contribution < 1.29 is 9.13 Å². The van der Waals surface area contributed by atoms with Crippen LogP contribution in [0, 0.1) is 5.82 Å². The Balaban J connectivity index is 2.32. The Morgan fingerprint density at radius 2 is 2.33 bits per heavy atom. The van der Waals surface area contributed by atoms with E-state index >= 15 is 0 Å². The van der Waals surface area contributed by atoms with E-state index in [1.165, 1.54) is 6.07 Å². The van der Waals surface area contributed by atoms with Gasteiger partial charge in [0.05, 0.1) is 23.9 Å². The van der Waals surface area contributed by atoms with Crippen LogP contribution < -0.4 is 4.74 Å². The lowest BCUT2D eigenvalue weighted by molar-refractivity contribution is 0.270. The Hall–Kier alpha value is -1.36. The van der Waals surface area contributed by atoms with E-state index in [2.05, 4.69) is 20.9 Å². The normalized spacial score (nSPS) is 12.9. The molecule has 0 amide bonds. The van der Waals surface area contributed by atoms with E-state index < -0.39 is 0 Å². The van der Waals surface area contributed by atoms with Crippen LogP contribution in [0.5, 0.6) is 5.75 Å². The van der Waals surface area contributed by atoms with Gasteiger partial charge in [0, 0.05) is 4.47 Å². The highest BCUT2D eigenvalue weighted by molar-refractivity contribution is 9.10. The molecular weight excluding hydrogens is 263 g/mol. The van der Waals surface area contributed by atoms with Crippen LogP contribution in [0.25, 0.3) is 5.69 Å². The lowest BCUT2D eigenvalue weighted by atomic mass is 10.2. The molecule has 1 aromatic heterocycles. The van der Waals surface area contributed by atoms with Crippen LogP contribution >= 0.6 is 15.9 Å². The Labute approximate surface area is 93.6 Å². The van der Waals surface area contributed by atoms with Gasteiger partial charge in [-0.3, -0.25) is 4.57 Å². The van der Waals surface area contributed by atoms with Gasteiger partial charge in [0.15, 0.2) is 11.6 Å². The second kappa shape index (κ2) is 3.06. The number of rotatable bonds is 0. The minimum absolute atomic E-state index is 0.281. The van der Waals surface area contributed by atoms with Crippen molar-refractivity contribution in [3.8, 4) is 11.4 Å². The Morgan fingerprint density at radius 3 is 3.20 bits per heavy atom. The van der Waals surface area contributed by atoms with Crippen molar-refractivity contribution in [1.29, 1.82) is 0 Å². The average molecular weight is 269 g/mol. The summed E-state index contributed by atoms with van der Waals surface area (Å²) in [6, 6.07) is 3.20. The van der Waals surface area contributed by atoms with E-state index in [0.717, 1.165) is 5.69 Å². The monoisotopic (exact) mass is 268 g/mol. The molecular formula is C10H6BrFN2O. The molecule has 1 aliphatic rings. The number of hydrogen-bond donors (Lipinski definition) is 0. The van der Waals surface area contributed by atoms with Crippen molar-refractivity contribution in [2.45, 2.75) is 6.61 Å². The highest BCUT2D eigenvalue weighted by atomic mass is 79.9. The number of nitrogens with zero attached hydrogens (tertiary/aromatic N) is 2. The Kier molecular flexibility index (Phi) is 1.82. The number of imidazole rings is 1.